The Kier molecular flexibility index (Phi) is 0.984. The third kappa shape index (κ3) is 0.653. The van der Waals surface area contributed by atoms with E-state index in [-0.39, 0.29) is 5.54 Å². The fraction of sp³-hybridized carbons (Fsp3) is 1.00. The molecule has 0 bridgehead atoms. The highest BCUT2D eigenvalue weighted by molar-refractivity contribution is 5.03. The van der Waals surface area contributed by atoms with E-state index in [0.717, 1.165) is 0 Å². The molecule has 0 saturated heterocycles. The van der Waals surface area contributed by atoms with Crippen LogP contribution in [0, 0.1) is 0 Å². The first kappa shape index (κ1) is 6.47. The maximum absolute atomic E-state index is 3.90. The molecule has 0 amide bonds. The van der Waals surface area contributed by atoms with Gasteiger partial charge < -0.3 is 0 Å². The van der Waals surface area contributed by atoms with E-state index >= 15 is 0 Å². The zero-order valence-corrected chi connectivity index (χ0v) is 6.29. The summed E-state index contributed by atoms with van der Waals surface area (Å²) in [5.41, 5.74) is 7.82. The summed E-state index contributed by atoms with van der Waals surface area (Å²) in [6.07, 6.45) is 0. The number of nitrogens with one attached hydrogen (secondary N) is 3. The summed E-state index contributed by atoms with van der Waals surface area (Å²) < 4.78 is 0. The van der Waals surface area contributed by atoms with Crippen molar-refractivity contribution in [2.45, 2.75) is 25.2 Å². The van der Waals surface area contributed by atoms with Crippen molar-refractivity contribution in [1.29, 1.82) is 0 Å². The van der Waals surface area contributed by atoms with Gasteiger partial charge in [-0.1, -0.05) is 10.4 Å². The summed E-state index contributed by atoms with van der Waals surface area (Å²) in [5, 5.41) is 15.1. The lowest BCUT2D eigenvalue weighted by Gasteiger charge is -2.28. The largest absolute Gasteiger partial charge is 0.287 e. The minimum absolute atomic E-state index is 0.347. The van der Waals surface area contributed by atoms with E-state index in [0.29, 0.717) is 0 Å². The smallest absolute Gasteiger partial charge is 0.280 e. The lowest BCUT2D eigenvalue weighted by molar-refractivity contribution is 0.223. The standard InChI is InChI=1S/C4H9N7/c1-3(2)4(6-9-5-3)7-10-11-8-4/h1-2H3,(H,5,6)(H,7,11)(H,8,10). The van der Waals surface area contributed by atoms with Gasteiger partial charge in [-0.25, -0.2) is 5.53 Å². The van der Waals surface area contributed by atoms with E-state index < -0.39 is 5.79 Å². The predicted octanol–water partition coefficient (Wildman–Crippen LogP) is -0.136. The molecule has 11 heavy (non-hydrogen) atoms. The van der Waals surface area contributed by atoms with Crippen molar-refractivity contribution in [3.63, 3.8) is 0 Å². The van der Waals surface area contributed by atoms with E-state index in [4.69, 9.17) is 0 Å². The molecule has 60 valence electrons. The molecule has 2 aliphatic rings. The van der Waals surface area contributed by atoms with E-state index in [1.807, 2.05) is 13.8 Å². The van der Waals surface area contributed by atoms with Crippen LogP contribution in [0.15, 0.2) is 20.7 Å². The molecule has 1 unspecified atom stereocenters. The zero-order chi connectivity index (χ0) is 7.95. The average molecular weight is 155 g/mol. The molecule has 2 aliphatic heterocycles. The summed E-state index contributed by atoms with van der Waals surface area (Å²) in [6, 6.07) is 0. The Balaban J connectivity index is 2.37. The lowest BCUT2D eigenvalue weighted by Crippen LogP contribution is -2.59. The number of nitrogens with zero attached hydrogens (tertiary/aromatic N) is 4. The van der Waals surface area contributed by atoms with Crippen molar-refractivity contribution in [3.05, 3.63) is 0 Å². The Morgan fingerprint density at radius 3 is 2.27 bits per heavy atom. The molecule has 0 aromatic heterocycles. The highest BCUT2D eigenvalue weighted by Gasteiger charge is 2.52. The normalized spacial score (nSPS) is 37.6. The second-order valence-corrected chi connectivity index (χ2v) is 3.05. The van der Waals surface area contributed by atoms with Gasteiger partial charge in [0.2, 0.25) is 0 Å². The summed E-state index contributed by atoms with van der Waals surface area (Å²) >= 11 is 0. The summed E-state index contributed by atoms with van der Waals surface area (Å²) in [4.78, 5) is 0. The van der Waals surface area contributed by atoms with E-state index in [1.54, 1.807) is 0 Å². The van der Waals surface area contributed by atoms with Gasteiger partial charge in [-0.3, -0.25) is 5.43 Å². The maximum Gasteiger partial charge on any atom is 0.287 e. The first-order valence-corrected chi connectivity index (χ1v) is 3.29. The first-order chi connectivity index (χ1) is 5.16. The van der Waals surface area contributed by atoms with Gasteiger partial charge in [0.05, 0.1) is 0 Å². The Morgan fingerprint density at radius 2 is 1.82 bits per heavy atom. The molecule has 7 heteroatoms. The molecule has 0 aliphatic carbocycles. The third-order valence-corrected chi connectivity index (χ3v) is 1.87. The molecular formula is C4H9N7. The number of hydrazine groups is 1. The average Bonchev–Trinajstić information content (AvgIpc) is 2.45. The molecule has 7 nitrogen and oxygen atoms in total. The molecule has 0 aromatic rings. The lowest BCUT2D eigenvalue weighted by atomic mass is 9.98. The molecule has 0 aromatic carbocycles. The fourth-order valence-corrected chi connectivity index (χ4v) is 0.977. The fourth-order valence-electron chi connectivity index (χ4n) is 0.977. The van der Waals surface area contributed by atoms with Crippen LogP contribution in [0.4, 0.5) is 0 Å². The van der Waals surface area contributed by atoms with Gasteiger partial charge >= 0.3 is 0 Å². The van der Waals surface area contributed by atoms with Crippen molar-refractivity contribution in [3.8, 4) is 0 Å². The summed E-state index contributed by atoms with van der Waals surface area (Å²) in [5.74, 6) is -0.771. The minimum Gasteiger partial charge on any atom is -0.280 e. The molecule has 0 saturated carbocycles. The first-order valence-electron chi connectivity index (χ1n) is 3.29. The quantitative estimate of drug-likeness (QED) is 0.455. The monoisotopic (exact) mass is 155 g/mol. The molecule has 3 N–H and O–H groups in total. The van der Waals surface area contributed by atoms with Crippen LogP contribution in [0.1, 0.15) is 13.8 Å². The van der Waals surface area contributed by atoms with E-state index in [2.05, 4.69) is 37.1 Å². The van der Waals surface area contributed by atoms with Gasteiger partial charge in [0.25, 0.3) is 5.79 Å². The van der Waals surface area contributed by atoms with Gasteiger partial charge in [-0.05, 0) is 13.8 Å². The van der Waals surface area contributed by atoms with Crippen LogP contribution < -0.4 is 16.4 Å². The second-order valence-electron chi connectivity index (χ2n) is 3.05. The van der Waals surface area contributed by atoms with Crippen molar-refractivity contribution in [2.24, 2.45) is 20.7 Å². The molecular weight excluding hydrogens is 146 g/mol. The Hall–Kier alpha value is -1.24. The van der Waals surface area contributed by atoms with Crippen LogP contribution in [-0.2, 0) is 0 Å². The highest BCUT2D eigenvalue weighted by atomic mass is 15.8. The molecule has 2 heterocycles. The van der Waals surface area contributed by atoms with Gasteiger partial charge in [0.15, 0.2) is 0 Å². The second kappa shape index (κ2) is 1.67. The Labute approximate surface area is 63.3 Å². The SMILES string of the molecule is CC1(C)NN=NC12N=NNN2. The summed E-state index contributed by atoms with van der Waals surface area (Å²) in [7, 11) is 0. The van der Waals surface area contributed by atoms with Crippen LogP contribution in [0.3, 0.4) is 0 Å². The summed E-state index contributed by atoms with van der Waals surface area (Å²) in [6.45, 7) is 3.87. The Bertz CT molecular complexity index is 227. The van der Waals surface area contributed by atoms with Crippen molar-refractivity contribution in [1.82, 2.24) is 16.4 Å². The number of hydrogen-bond acceptors (Lipinski definition) is 7. The van der Waals surface area contributed by atoms with Crippen LogP contribution in [-0.4, -0.2) is 11.3 Å². The van der Waals surface area contributed by atoms with Gasteiger partial charge in [0, 0.05) is 0 Å². The van der Waals surface area contributed by atoms with Gasteiger partial charge in [-0.2, -0.15) is 5.43 Å². The van der Waals surface area contributed by atoms with Gasteiger partial charge in [0.1, 0.15) is 5.54 Å². The molecule has 1 spiro atoms. The van der Waals surface area contributed by atoms with Crippen LogP contribution in [0.25, 0.3) is 0 Å². The molecule has 2 rings (SSSR count). The highest BCUT2D eigenvalue weighted by Crippen LogP contribution is 2.31. The molecule has 0 fully saturated rings. The van der Waals surface area contributed by atoms with Crippen molar-refractivity contribution < 1.29 is 0 Å². The minimum atomic E-state index is -0.771. The van der Waals surface area contributed by atoms with Crippen molar-refractivity contribution in [2.75, 3.05) is 0 Å². The Morgan fingerprint density at radius 1 is 1.09 bits per heavy atom. The van der Waals surface area contributed by atoms with Crippen LogP contribution in [0.2, 0.25) is 0 Å². The van der Waals surface area contributed by atoms with E-state index in [9.17, 15) is 0 Å². The van der Waals surface area contributed by atoms with Crippen LogP contribution >= 0.6 is 0 Å². The van der Waals surface area contributed by atoms with Crippen molar-refractivity contribution >= 4 is 0 Å². The van der Waals surface area contributed by atoms with E-state index in [1.165, 1.54) is 0 Å². The number of rotatable bonds is 0. The number of hydrogen-bond donors (Lipinski definition) is 3. The molecule has 0 radical (unpaired) electrons. The predicted molar refractivity (Wildman–Crippen MR) is 35.9 cm³/mol. The zero-order valence-electron chi connectivity index (χ0n) is 6.29. The topological polar surface area (TPSA) is 85.5 Å². The molecule has 1 atom stereocenters. The van der Waals surface area contributed by atoms with Crippen LogP contribution in [0.5, 0.6) is 0 Å². The third-order valence-electron chi connectivity index (χ3n) is 1.87. The maximum atomic E-state index is 3.90. The van der Waals surface area contributed by atoms with Gasteiger partial charge in [-0.15, -0.1) is 10.2 Å².